The van der Waals surface area contributed by atoms with Crippen LogP contribution < -0.4 is 4.90 Å². The Kier molecular flexibility index (Phi) is 4.92. The Morgan fingerprint density at radius 2 is 1.74 bits per heavy atom. The summed E-state index contributed by atoms with van der Waals surface area (Å²) in [6.45, 7) is 3.20. The molecule has 0 radical (unpaired) electrons. The summed E-state index contributed by atoms with van der Waals surface area (Å²) < 4.78 is 0. The van der Waals surface area contributed by atoms with Gasteiger partial charge in [0.2, 0.25) is 5.91 Å². The molecule has 1 N–H and O–H groups in total. The van der Waals surface area contributed by atoms with Crippen LogP contribution in [0.3, 0.4) is 0 Å². The van der Waals surface area contributed by atoms with E-state index in [0.717, 1.165) is 11.3 Å². The molecule has 0 heterocycles. The van der Waals surface area contributed by atoms with E-state index in [1.807, 2.05) is 43.3 Å². The SMILES string of the molecule is CC(=O)N(Cc1ccc(N(C)C)cc1)C(C)C(=O)O. The molecule has 0 aliphatic heterocycles. The number of carboxylic acids is 1. The molecular weight excluding hydrogens is 244 g/mol. The molecule has 0 fully saturated rings. The van der Waals surface area contributed by atoms with Gasteiger partial charge in [-0.25, -0.2) is 4.79 Å². The molecule has 0 aromatic heterocycles. The molecule has 1 atom stereocenters. The minimum absolute atomic E-state index is 0.244. The van der Waals surface area contributed by atoms with Crippen LogP contribution in [0.2, 0.25) is 0 Å². The summed E-state index contributed by atoms with van der Waals surface area (Å²) in [7, 11) is 3.90. The average molecular weight is 264 g/mol. The number of benzene rings is 1. The smallest absolute Gasteiger partial charge is 0.326 e. The van der Waals surface area contributed by atoms with Gasteiger partial charge in [-0.05, 0) is 24.6 Å². The lowest BCUT2D eigenvalue weighted by Crippen LogP contribution is -2.41. The number of nitrogens with zero attached hydrogens (tertiary/aromatic N) is 2. The number of aliphatic carboxylic acids is 1. The Morgan fingerprint density at radius 1 is 1.21 bits per heavy atom. The van der Waals surface area contributed by atoms with Crippen LogP contribution >= 0.6 is 0 Å². The molecule has 1 unspecified atom stereocenters. The number of hydrogen-bond donors (Lipinski definition) is 1. The largest absolute Gasteiger partial charge is 0.480 e. The minimum atomic E-state index is -1.000. The topological polar surface area (TPSA) is 60.9 Å². The lowest BCUT2D eigenvalue weighted by Gasteiger charge is -2.25. The van der Waals surface area contributed by atoms with E-state index in [-0.39, 0.29) is 5.91 Å². The van der Waals surface area contributed by atoms with Gasteiger partial charge in [-0.1, -0.05) is 12.1 Å². The first-order chi connectivity index (χ1) is 8.82. The van der Waals surface area contributed by atoms with Crippen molar-refractivity contribution in [1.29, 1.82) is 0 Å². The number of amides is 1. The predicted octanol–water partition coefficient (Wildman–Crippen LogP) is 1.57. The third-order valence-electron chi connectivity index (χ3n) is 3.04. The molecule has 0 saturated heterocycles. The number of hydrogen-bond acceptors (Lipinski definition) is 3. The Bertz CT molecular complexity index is 454. The van der Waals surface area contributed by atoms with Crippen LogP contribution in [-0.4, -0.2) is 42.0 Å². The van der Waals surface area contributed by atoms with Gasteiger partial charge in [0, 0.05) is 33.3 Å². The summed E-state index contributed by atoms with van der Waals surface area (Å²) in [5.41, 5.74) is 1.97. The standard InChI is InChI=1S/C14H20N2O3/c1-10(14(18)19)16(11(2)17)9-12-5-7-13(8-6-12)15(3)4/h5-8,10H,9H2,1-4H3,(H,18,19). The van der Waals surface area contributed by atoms with E-state index in [4.69, 9.17) is 5.11 Å². The zero-order valence-electron chi connectivity index (χ0n) is 11.8. The first-order valence-corrected chi connectivity index (χ1v) is 6.09. The second kappa shape index (κ2) is 6.22. The minimum Gasteiger partial charge on any atom is -0.480 e. The van der Waals surface area contributed by atoms with Crippen molar-refractivity contribution in [2.75, 3.05) is 19.0 Å². The van der Waals surface area contributed by atoms with E-state index in [1.165, 1.54) is 18.7 Å². The van der Waals surface area contributed by atoms with Crippen molar-refractivity contribution in [3.05, 3.63) is 29.8 Å². The van der Waals surface area contributed by atoms with E-state index in [0.29, 0.717) is 6.54 Å². The van der Waals surface area contributed by atoms with Gasteiger partial charge in [0.25, 0.3) is 0 Å². The van der Waals surface area contributed by atoms with Crippen LogP contribution in [-0.2, 0) is 16.1 Å². The molecule has 5 heteroatoms. The molecule has 0 bridgehead atoms. The van der Waals surface area contributed by atoms with Crippen molar-refractivity contribution in [3.63, 3.8) is 0 Å². The van der Waals surface area contributed by atoms with E-state index in [1.54, 1.807) is 0 Å². The van der Waals surface area contributed by atoms with E-state index in [2.05, 4.69) is 0 Å². The zero-order chi connectivity index (χ0) is 14.6. The van der Waals surface area contributed by atoms with Crippen molar-refractivity contribution in [2.24, 2.45) is 0 Å². The summed E-state index contributed by atoms with van der Waals surface area (Å²) >= 11 is 0. The Hall–Kier alpha value is -2.04. The van der Waals surface area contributed by atoms with Gasteiger partial charge < -0.3 is 14.9 Å². The van der Waals surface area contributed by atoms with Gasteiger partial charge in [0.15, 0.2) is 0 Å². The summed E-state index contributed by atoms with van der Waals surface area (Å²) in [4.78, 5) is 25.8. The third-order valence-corrected chi connectivity index (χ3v) is 3.04. The van der Waals surface area contributed by atoms with Gasteiger partial charge in [0.05, 0.1) is 0 Å². The molecule has 0 aliphatic carbocycles. The van der Waals surface area contributed by atoms with Crippen molar-refractivity contribution in [3.8, 4) is 0 Å². The summed E-state index contributed by atoms with van der Waals surface area (Å²) in [6, 6.07) is 6.86. The second-order valence-electron chi connectivity index (χ2n) is 4.72. The van der Waals surface area contributed by atoms with Gasteiger partial charge in [-0.3, -0.25) is 4.79 Å². The maximum absolute atomic E-state index is 11.5. The highest BCUT2D eigenvalue weighted by Crippen LogP contribution is 2.15. The maximum atomic E-state index is 11.5. The van der Waals surface area contributed by atoms with Crippen LogP contribution in [0.1, 0.15) is 19.4 Å². The first kappa shape index (κ1) is 15.0. The van der Waals surface area contributed by atoms with Gasteiger partial charge in [-0.2, -0.15) is 0 Å². The van der Waals surface area contributed by atoms with E-state index in [9.17, 15) is 9.59 Å². The van der Waals surface area contributed by atoms with Crippen LogP contribution in [0.25, 0.3) is 0 Å². The highest BCUT2D eigenvalue weighted by atomic mass is 16.4. The van der Waals surface area contributed by atoms with Crippen molar-refractivity contribution in [2.45, 2.75) is 26.4 Å². The molecule has 0 spiro atoms. The number of carbonyl (C=O) groups excluding carboxylic acids is 1. The molecule has 1 aromatic carbocycles. The number of anilines is 1. The molecule has 1 amide bonds. The Balaban J connectivity index is 2.85. The lowest BCUT2D eigenvalue weighted by molar-refractivity contribution is -0.149. The van der Waals surface area contributed by atoms with Crippen molar-refractivity contribution in [1.82, 2.24) is 4.90 Å². The van der Waals surface area contributed by atoms with Crippen molar-refractivity contribution < 1.29 is 14.7 Å². The first-order valence-electron chi connectivity index (χ1n) is 6.09. The van der Waals surface area contributed by atoms with Crippen LogP contribution in [0.4, 0.5) is 5.69 Å². The lowest BCUT2D eigenvalue weighted by atomic mass is 10.1. The van der Waals surface area contributed by atoms with Crippen molar-refractivity contribution >= 4 is 17.6 Å². The molecule has 104 valence electrons. The highest BCUT2D eigenvalue weighted by molar-refractivity contribution is 5.81. The van der Waals surface area contributed by atoms with Gasteiger partial charge >= 0.3 is 5.97 Å². The fourth-order valence-electron chi connectivity index (χ4n) is 1.75. The fourth-order valence-corrected chi connectivity index (χ4v) is 1.75. The zero-order valence-corrected chi connectivity index (χ0v) is 11.8. The molecule has 19 heavy (non-hydrogen) atoms. The molecule has 5 nitrogen and oxygen atoms in total. The number of rotatable bonds is 5. The average Bonchev–Trinajstić information content (AvgIpc) is 2.35. The Morgan fingerprint density at radius 3 is 2.11 bits per heavy atom. The molecule has 0 saturated carbocycles. The van der Waals surface area contributed by atoms with Gasteiger partial charge in [0.1, 0.15) is 6.04 Å². The Labute approximate surface area is 113 Å². The number of carbonyl (C=O) groups is 2. The highest BCUT2D eigenvalue weighted by Gasteiger charge is 2.22. The maximum Gasteiger partial charge on any atom is 0.326 e. The van der Waals surface area contributed by atoms with Crippen LogP contribution in [0.15, 0.2) is 24.3 Å². The normalized spacial score (nSPS) is 11.8. The molecular formula is C14H20N2O3. The van der Waals surface area contributed by atoms with E-state index < -0.39 is 12.0 Å². The van der Waals surface area contributed by atoms with Crippen LogP contribution in [0, 0.1) is 0 Å². The second-order valence-corrected chi connectivity index (χ2v) is 4.72. The quantitative estimate of drug-likeness (QED) is 0.877. The molecule has 1 aromatic rings. The molecule has 0 aliphatic rings. The monoisotopic (exact) mass is 264 g/mol. The fraction of sp³-hybridized carbons (Fsp3) is 0.429. The predicted molar refractivity (Wildman–Crippen MR) is 74.1 cm³/mol. The number of carboxylic acid groups (broad SMARTS) is 1. The molecule has 1 rings (SSSR count). The summed E-state index contributed by atoms with van der Waals surface area (Å²) in [5, 5.41) is 9.00. The van der Waals surface area contributed by atoms with Crippen LogP contribution in [0.5, 0.6) is 0 Å². The third kappa shape index (κ3) is 3.98. The van der Waals surface area contributed by atoms with E-state index >= 15 is 0 Å². The summed E-state index contributed by atoms with van der Waals surface area (Å²) in [5.74, 6) is -1.24. The van der Waals surface area contributed by atoms with Gasteiger partial charge in [-0.15, -0.1) is 0 Å². The summed E-state index contributed by atoms with van der Waals surface area (Å²) in [6.07, 6.45) is 0.